The summed E-state index contributed by atoms with van der Waals surface area (Å²) in [6.45, 7) is 5.33. The number of fused-ring (bicyclic) bond motifs is 1. The molecule has 0 radical (unpaired) electrons. The Bertz CT molecular complexity index is 531. The smallest absolute Gasteiger partial charge is 0.241 e. The Morgan fingerprint density at radius 2 is 2.09 bits per heavy atom. The van der Waals surface area contributed by atoms with E-state index in [1.54, 1.807) is 7.11 Å². The van der Waals surface area contributed by atoms with E-state index in [0.717, 1.165) is 63.4 Å². The fourth-order valence-electron chi connectivity index (χ4n) is 3.30. The number of carbonyl (C=O) groups excluding carboxylic acids is 1. The number of nitrogens with zero attached hydrogens (tertiary/aromatic N) is 2. The Balaban J connectivity index is 0.00000192. The normalized spacial score (nSPS) is 18.6. The zero-order valence-electron chi connectivity index (χ0n) is 13.7. The standard InChI is InChI=1S/C17H25N3O2.ClH/c1-22-15-5-6-16-14(12-15)4-2-10-20(16)17(21)13-19-9-3-7-18-8-11-19;/h5-6,12,18H,2-4,7-11,13H2,1H3;1H. The van der Waals surface area contributed by atoms with Crippen LogP contribution in [0.1, 0.15) is 18.4 Å². The number of rotatable bonds is 3. The fraction of sp³-hybridized carbons (Fsp3) is 0.588. The molecule has 1 N–H and O–H groups in total. The predicted octanol–water partition coefficient (Wildman–Crippen LogP) is 1.69. The van der Waals surface area contributed by atoms with Crippen molar-refractivity contribution in [2.45, 2.75) is 19.3 Å². The van der Waals surface area contributed by atoms with Gasteiger partial charge in [0.2, 0.25) is 5.91 Å². The third-order valence-electron chi connectivity index (χ3n) is 4.50. The minimum absolute atomic E-state index is 0. The van der Waals surface area contributed by atoms with Crippen LogP contribution in [0.5, 0.6) is 5.75 Å². The van der Waals surface area contributed by atoms with Gasteiger partial charge in [0, 0.05) is 25.3 Å². The number of halogens is 1. The third kappa shape index (κ3) is 4.37. The SMILES string of the molecule is COc1ccc2c(c1)CCCN2C(=O)CN1CCCNCC1.Cl. The van der Waals surface area contributed by atoms with E-state index in [2.05, 4.69) is 16.3 Å². The summed E-state index contributed by atoms with van der Waals surface area (Å²) in [5.74, 6) is 1.08. The summed E-state index contributed by atoms with van der Waals surface area (Å²) in [5, 5.41) is 3.38. The molecule has 6 heteroatoms. The maximum atomic E-state index is 12.7. The van der Waals surface area contributed by atoms with Crippen LogP contribution in [-0.2, 0) is 11.2 Å². The molecule has 5 nitrogen and oxygen atoms in total. The van der Waals surface area contributed by atoms with Crippen molar-refractivity contribution in [1.82, 2.24) is 10.2 Å². The second-order valence-corrected chi connectivity index (χ2v) is 6.02. The molecule has 0 unspecified atom stereocenters. The molecule has 0 aromatic heterocycles. The molecular formula is C17H26ClN3O2. The molecule has 2 aliphatic heterocycles. The van der Waals surface area contributed by atoms with Gasteiger partial charge in [0.15, 0.2) is 0 Å². The number of anilines is 1. The first-order valence-electron chi connectivity index (χ1n) is 8.18. The van der Waals surface area contributed by atoms with E-state index in [1.165, 1.54) is 5.56 Å². The number of ether oxygens (including phenoxy) is 1. The minimum atomic E-state index is 0. The van der Waals surface area contributed by atoms with Gasteiger partial charge in [0.05, 0.1) is 13.7 Å². The van der Waals surface area contributed by atoms with Crippen molar-refractivity contribution in [1.29, 1.82) is 0 Å². The predicted molar refractivity (Wildman–Crippen MR) is 94.8 cm³/mol. The number of amides is 1. The molecular weight excluding hydrogens is 314 g/mol. The monoisotopic (exact) mass is 339 g/mol. The van der Waals surface area contributed by atoms with Gasteiger partial charge in [-0.3, -0.25) is 9.69 Å². The summed E-state index contributed by atoms with van der Waals surface area (Å²) in [5.41, 5.74) is 2.28. The largest absolute Gasteiger partial charge is 0.497 e. The lowest BCUT2D eigenvalue weighted by Crippen LogP contribution is -2.43. The molecule has 1 fully saturated rings. The number of hydrogen-bond donors (Lipinski definition) is 1. The molecule has 1 aromatic carbocycles. The highest BCUT2D eigenvalue weighted by atomic mass is 35.5. The molecule has 2 heterocycles. The Morgan fingerprint density at radius 3 is 2.91 bits per heavy atom. The van der Waals surface area contributed by atoms with E-state index in [9.17, 15) is 4.79 Å². The lowest BCUT2D eigenvalue weighted by molar-refractivity contribution is -0.119. The molecule has 128 valence electrons. The van der Waals surface area contributed by atoms with E-state index >= 15 is 0 Å². The Labute approximate surface area is 144 Å². The molecule has 0 aliphatic carbocycles. The van der Waals surface area contributed by atoms with Crippen molar-refractivity contribution in [2.75, 3.05) is 51.3 Å². The number of methoxy groups -OCH3 is 1. The Morgan fingerprint density at radius 1 is 1.22 bits per heavy atom. The fourth-order valence-corrected chi connectivity index (χ4v) is 3.30. The van der Waals surface area contributed by atoms with E-state index in [-0.39, 0.29) is 18.3 Å². The maximum Gasteiger partial charge on any atom is 0.241 e. The number of carbonyl (C=O) groups is 1. The molecule has 1 amide bonds. The van der Waals surface area contributed by atoms with Gasteiger partial charge in [-0.15, -0.1) is 12.4 Å². The maximum absolute atomic E-state index is 12.7. The zero-order valence-corrected chi connectivity index (χ0v) is 14.5. The van der Waals surface area contributed by atoms with Gasteiger partial charge in [-0.05, 0) is 56.1 Å². The van der Waals surface area contributed by atoms with Crippen LogP contribution in [0.4, 0.5) is 5.69 Å². The summed E-state index contributed by atoms with van der Waals surface area (Å²) in [6, 6.07) is 6.03. The van der Waals surface area contributed by atoms with Crippen molar-refractivity contribution in [3.63, 3.8) is 0 Å². The van der Waals surface area contributed by atoms with Gasteiger partial charge < -0.3 is 15.0 Å². The number of hydrogen-bond acceptors (Lipinski definition) is 4. The molecule has 1 saturated heterocycles. The van der Waals surface area contributed by atoms with Crippen molar-refractivity contribution < 1.29 is 9.53 Å². The van der Waals surface area contributed by atoms with Gasteiger partial charge in [0.25, 0.3) is 0 Å². The van der Waals surface area contributed by atoms with E-state index in [0.29, 0.717) is 6.54 Å². The summed E-state index contributed by atoms with van der Waals surface area (Å²) in [7, 11) is 1.68. The van der Waals surface area contributed by atoms with Gasteiger partial charge in [-0.25, -0.2) is 0 Å². The second kappa shape index (κ2) is 8.52. The molecule has 2 aliphatic rings. The van der Waals surface area contributed by atoms with E-state index in [1.807, 2.05) is 17.0 Å². The van der Waals surface area contributed by atoms with Gasteiger partial charge in [0.1, 0.15) is 5.75 Å². The Hall–Kier alpha value is -1.30. The van der Waals surface area contributed by atoms with Crippen LogP contribution >= 0.6 is 12.4 Å². The average Bonchev–Trinajstić information content (AvgIpc) is 2.82. The van der Waals surface area contributed by atoms with Gasteiger partial charge in [-0.2, -0.15) is 0 Å². The van der Waals surface area contributed by atoms with Crippen molar-refractivity contribution in [2.24, 2.45) is 0 Å². The van der Waals surface area contributed by atoms with E-state index < -0.39 is 0 Å². The quantitative estimate of drug-likeness (QED) is 0.910. The summed E-state index contributed by atoms with van der Waals surface area (Å²) < 4.78 is 5.29. The third-order valence-corrected chi connectivity index (χ3v) is 4.50. The first-order valence-corrected chi connectivity index (χ1v) is 8.18. The van der Waals surface area contributed by atoms with Crippen LogP contribution in [0, 0.1) is 0 Å². The molecule has 1 aromatic rings. The van der Waals surface area contributed by atoms with Gasteiger partial charge in [-0.1, -0.05) is 0 Å². The van der Waals surface area contributed by atoms with Crippen LogP contribution in [0.25, 0.3) is 0 Å². The Kier molecular flexibility index (Phi) is 6.69. The highest BCUT2D eigenvalue weighted by Crippen LogP contribution is 2.30. The lowest BCUT2D eigenvalue weighted by atomic mass is 10.0. The van der Waals surface area contributed by atoms with Crippen LogP contribution in [-0.4, -0.2) is 57.2 Å². The van der Waals surface area contributed by atoms with Crippen molar-refractivity contribution in [3.8, 4) is 5.75 Å². The van der Waals surface area contributed by atoms with Crippen molar-refractivity contribution in [3.05, 3.63) is 23.8 Å². The number of nitrogens with one attached hydrogen (secondary N) is 1. The van der Waals surface area contributed by atoms with Gasteiger partial charge >= 0.3 is 0 Å². The highest BCUT2D eigenvalue weighted by Gasteiger charge is 2.24. The lowest BCUT2D eigenvalue weighted by Gasteiger charge is -2.31. The molecule has 0 saturated carbocycles. The molecule has 23 heavy (non-hydrogen) atoms. The first kappa shape index (κ1) is 18.0. The summed E-state index contributed by atoms with van der Waals surface area (Å²) in [4.78, 5) is 16.9. The topological polar surface area (TPSA) is 44.8 Å². The molecule has 3 rings (SSSR count). The van der Waals surface area contributed by atoms with E-state index in [4.69, 9.17) is 4.74 Å². The average molecular weight is 340 g/mol. The van der Waals surface area contributed by atoms with Crippen LogP contribution in [0.2, 0.25) is 0 Å². The van der Waals surface area contributed by atoms with Crippen LogP contribution in [0.15, 0.2) is 18.2 Å². The molecule has 0 atom stereocenters. The number of benzene rings is 1. The van der Waals surface area contributed by atoms with Crippen molar-refractivity contribution >= 4 is 24.0 Å². The van der Waals surface area contributed by atoms with Crippen LogP contribution in [0.3, 0.4) is 0 Å². The highest BCUT2D eigenvalue weighted by molar-refractivity contribution is 5.96. The second-order valence-electron chi connectivity index (χ2n) is 6.02. The zero-order chi connectivity index (χ0) is 15.4. The summed E-state index contributed by atoms with van der Waals surface area (Å²) in [6.07, 6.45) is 3.15. The molecule has 0 spiro atoms. The number of aryl methyl sites for hydroxylation is 1. The summed E-state index contributed by atoms with van der Waals surface area (Å²) >= 11 is 0. The first-order chi connectivity index (χ1) is 10.8. The molecule has 0 bridgehead atoms. The van der Waals surface area contributed by atoms with Crippen LogP contribution < -0.4 is 15.0 Å². The minimum Gasteiger partial charge on any atom is -0.497 e.